The van der Waals surface area contributed by atoms with Gasteiger partial charge in [0.2, 0.25) is 0 Å². The second-order valence-electron chi connectivity index (χ2n) is 13.8. The Bertz CT molecular complexity index is 2240. The van der Waals surface area contributed by atoms with Gasteiger partial charge in [-0.3, -0.25) is 0 Å². The second-order valence-corrected chi connectivity index (χ2v) is 26.1. The van der Waals surface area contributed by atoms with Crippen LogP contribution in [0.3, 0.4) is 0 Å². The molecule has 8 aromatic rings. The van der Waals surface area contributed by atoms with E-state index < -0.39 is 42.8 Å². The third-order valence-electron chi connectivity index (χ3n) is 11.1. The van der Waals surface area contributed by atoms with Crippen LogP contribution in [0, 0.1) is 0 Å². The molecule has 258 valence electrons. The number of halogens is 1. The average Bonchev–Trinajstić information content (AvgIpc) is 3.71. The molecule has 2 aliphatic rings. The van der Waals surface area contributed by atoms with Gasteiger partial charge < -0.3 is 0 Å². The third-order valence-corrected chi connectivity index (χ3v) is 28.4. The fraction of sp³-hybridized carbons (Fsp3) is 0.0400. The Kier molecular flexibility index (Phi) is 8.72. The van der Waals surface area contributed by atoms with Gasteiger partial charge in [0.1, 0.15) is 0 Å². The molecule has 0 amide bonds. The van der Waals surface area contributed by atoms with E-state index in [0.29, 0.717) is 0 Å². The first-order chi connectivity index (χ1) is 26.8. The molecule has 0 fully saturated rings. The van der Waals surface area contributed by atoms with E-state index in [1.165, 1.54) is 21.2 Å². The molecule has 0 saturated carbocycles. The average molecular weight is 840 g/mol. The molecule has 0 unspecified atom stereocenters. The molecule has 0 bridgehead atoms. The molecule has 8 aromatic carbocycles. The van der Waals surface area contributed by atoms with E-state index in [4.69, 9.17) is 0 Å². The number of rotatable bonds is 8. The molecule has 0 spiro atoms. The van der Waals surface area contributed by atoms with Crippen molar-refractivity contribution in [2.75, 3.05) is 0 Å². The molecule has 0 heterocycles. The Balaban J connectivity index is 1.42. The molecular formula is C50H36FP2Sb. The SMILES string of the molecule is [F][Sb]([C]1(P(c2ccccc2)c2ccccc2)c2ccccc2-c2ccccc21)[C]1(P(c2ccccc2)c2ccccc2)c2ccccc2-c2ccccc21. The predicted octanol–water partition coefficient (Wildman–Crippen LogP) is 11.1. The molecule has 0 radical (unpaired) electrons. The van der Waals surface area contributed by atoms with Crippen LogP contribution in [0.5, 0.6) is 0 Å². The zero-order valence-corrected chi connectivity index (χ0v) is 33.8. The van der Waals surface area contributed by atoms with Gasteiger partial charge in [0.05, 0.1) is 0 Å². The molecule has 4 heteroatoms. The summed E-state index contributed by atoms with van der Waals surface area (Å²) in [5.74, 6) is 0. The van der Waals surface area contributed by atoms with Crippen LogP contribution in [-0.2, 0) is 6.21 Å². The molecule has 54 heavy (non-hydrogen) atoms. The first-order valence-corrected chi connectivity index (χ1v) is 24.6. The summed E-state index contributed by atoms with van der Waals surface area (Å²) >= 11 is -4.51. The van der Waals surface area contributed by atoms with Crippen molar-refractivity contribution in [2.24, 2.45) is 0 Å². The monoisotopic (exact) mass is 838 g/mol. The topological polar surface area (TPSA) is 0 Å². The molecule has 0 atom stereocenters. The van der Waals surface area contributed by atoms with Gasteiger partial charge in [-0.05, 0) is 0 Å². The van der Waals surface area contributed by atoms with Gasteiger partial charge in [0.15, 0.2) is 0 Å². The van der Waals surface area contributed by atoms with Gasteiger partial charge in [-0.2, -0.15) is 0 Å². The zero-order valence-electron chi connectivity index (χ0n) is 29.5. The van der Waals surface area contributed by atoms with Crippen molar-refractivity contribution in [2.45, 2.75) is 6.21 Å². The van der Waals surface area contributed by atoms with E-state index >= 15 is 2.81 Å². The van der Waals surface area contributed by atoms with Crippen LogP contribution in [0.1, 0.15) is 22.3 Å². The molecule has 0 N–H and O–H groups in total. The van der Waals surface area contributed by atoms with E-state index in [1.54, 1.807) is 0 Å². The summed E-state index contributed by atoms with van der Waals surface area (Å²) in [7, 11) is -2.64. The van der Waals surface area contributed by atoms with Crippen molar-refractivity contribution in [1.29, 1.82) is 0 Å². The third kappa shape index (κ3) is 4.95. The molecule has 10 rings (SSSR count). The van der Waals surface area contributed by atoms with Crippen molar-refractivity contribution in [3.8, 4) is 22.3 Å². The minimum atomic E-state index is -4.51. The Morgan fingerprint density at radius 1 is 0.278 bits per heavy atom. The Morgan fingerprint density at radius 3 is 0.722 bits per heavy atom. The van der Waals surface area contributed by atoms with Gasteiger partial charge in [0.25, 0.3) is 0 Å². The number of fused-ring (bicyclic) bond motifs is 6. The van der Waals surface area contributed by atoms with Gasteiger partial charge in [0, 0.05) is 0 Å². The Hall–Kier alpha value is -4.63. The first kappa shape index (κ1) is 33.9. The van der Waals surface area contributed by atoms with Crippen molar-refractivity contribution < 1.29 is 2.81 Å². The molecule has 0 saturated heterocycles. The van der Waals surface area contributed by atoms with Crippen molar-refractivity contribution >= 4 is 57.9 Å². The van der Waals surface area contributed by atoms with Crippen LogP contribution in [0.2, 0.25) is 0 Å². The van der Waals surface area contributed by atoms with Crippen LogP contribution in [0.25, 0.3) is 22.3 Å². The summed E-state index contributed by atoms with van der Waals surface area (Å²) in [6, 6.07) is 78.8. The van der Waals surface area contributed by atoms with E-state index in [2.05, 4.69) is 218 Å². The number of benzene rings is 8. The van der Waals surface area contributed by atoms with Gasteiger partial charge >= 0.3 is 330 Å². The van der Waals surface area contributed by atoms with Gasteiger partial charge in [-0.15, -0.1) is 0 Å². The second kappa shape index (κ2) is 13.9. The van der Waals surface area contributed by atoms with E-state index in [0.717, 1.165) is 44.5 Å². The van der Waals surface area contributed by atoms with Crippen LogP contribution in [0.4, 0.5) is 2.81 Å². The standard InChI is InChI=1S/2C25H18P.FH.Sb/c2*1-3-11-19(12-4-1)26(20-13-5-2-6-14-20)25-23-17-9-7-15-21(23)22-16-8-10-18-24(22)25;;/h2*1-18H;1H;/q;;;+1/p-1. The minimum absolute atomic E-state index is 0.900. The van der Waals surface area contributed by atoms with Crippen LogP contribution in [0.15, 0.2) is 218 Å². The molecule has 2 aliphatic carbocycles. The fourth-order valence-electron chi connectivity index (χ4n) is 9.05. The van der Waals surface area contributed by atoms with E-state index in [-0.39, 0.29) is 0 Å². The Morgan fingerprint density at radius 2 is 0.481 bits per heavy atom. The molecular weight excluding hydrogens is 803 g/mol. The zero-order chi connectivity index (χ0) is 36.1. The molecule has 0 aromatic heterocycles. The first-order valence-electron chi connectivity index (χ1n) is 18.4. The fourth-order valence-corrected chi connectivity index (χ4v) is 30.6. The van der Waals surface area contributed by atoms with E-state index in [9.17, 15) is 0 Å². The van der Waals surface area contributed by atoms with Crippen molar-refractivity contribution in [1.82, 2.24) is 0 Å². The summed E-state index contributed by atoms with van der Waals surface area (Å²) < 4.78 is 19.5. The normalized spacial score (nSPS) is 14.4. The van der Waals surface area contributed by atoms with Gasteiger partial charge in [-0.1, -0.05) is 0 Å². The summed E-state index contributed by atoms with van der Waals surface area (Å²) in [6.07, 6.45) is 0. The maximum absolute atomic E-state index is 21.3. The molecule has 0 aliphatic heterocycles. The Labute approximate surface area is 327 Å². The maximum atomic E-state index is 21.3. The van der Waals surface area contributed by atoms with Crippen LogP contribution < -0.4 is 21.2 Å². The summed E-state index contributed by atoms with van der Waals surface area (Å²) in [6.45, 7) is 0. The number of hydrogen-bond donors (Lipinski definition) is 0. The quantitative estimate of drug-likeness (QED) is 0.106. The van der Waals surface area contributed by atoms with Crippen molar-refractivity contribution in [3.05, 3.63) is 241 Å². The van der Waals surface area contributed by atoms with Crippen LogP contribution >= 0.6 is 15.8 Å². The number of hydrogen-bond acceptors (Lipinski definition) is 0. The predicted molar refractivity (Wildman–Crippen MR) is 230 cm³/mol. The van der Waals surface area contributed by atoms with Gasteiger partial charge in [-0.25, -0.2) is 0 Å². The van der Waals surface area contributed by atoms with E-state index in [1.807, 2.05) is 0 Å². The molecule has 0 nitrogen and oxygen atoms in total. The summed E-state index contributed by atoms with van der Waals surface area (Å²) in [5, 5.41) is 4.82. The summed E-state index contributed by atoms with van der Waals surface area (Å²) in [5.41, 5.74) is 9.24. The summed E-state index contributed by atoms with van der Waals surface area (Å²) in [4.78, 5) is 0. The van der Waals surface area contributed by atoms with Crippen LogP contribution in [-0.4, -0.2) is 20.8 Å². The van der Waals surface area contributed by atoms with Crippen molar-refractivity contribution in [3.63, 3.8) is 0 Å².